The summed E-state index contributed by atoms with van der Waals surface area (Å²) in [5.41, 5.74) is 6.78. The van der Waals surface area contributed by atoms with E-state index in [9.17, 15) is 4.39 Å². The molecule has 32 heavy (non-hydrogen) atoms. The van der Waals surface area contributed by atoms with Crippen LogP contribution in [0.3, 0.4) is 0 Å². The lowest BCUT2D eigenvalue weighted by molar-refractivity contribution is 0.628. The molecule has 0 saturated heterocycles. The maximum Gasteiger partial charge on any atom is 0.123 e. The SMILES string of the molecule is CC(C)c1cccc(C(C)C)c1NC(c1ccccc1)c1nc(-c2ccc(F)cc2)cs1. The summed E-state index contributed by atoms with van der Waals surface area (Å²) in [7, 11) is 0. The van der Waals surface area contributed by atoms with Crippen molar-refractivity contribution in [3.63, 3.8) is 0 Å². The van der Waals surface area contributed by atoms with Crippen LogP contribution in [0.25, 0.3) is 11.3 Å². The first-order chi connectivity index (χ1) is 15.4. The van der Waals surface area contributed by atoms with Gasteiger partial charge in [0.1, 0.15) is 16.9 Å². The number of thiazole rings is 1. The third kappa shape index (κ3) is 4.76. The van der Waals surface area contributed by atoms with Gasteiger partial charge in [-0.15, -0.1) is 11.3 Å². The normalized spacial score (nSPS) is 12.3. The van der Waals surface area contributed by atoms with Crippen molar-refractivity contribution in [2.24, 2.45) is 0 Å². The molecule has 0 fully saturated rings. The zero-order valence-corrected chi connectivity index (χ0v) is 19.8. The predicted molar refractivity (Wildman–Crippen MR) is 134 cm³/mol. The van der Waals surface area contributed by atoms with E-state index >= 15 is 0 Å². The molecule has 1 N–H and O–H groups in total. The molecular formula is C28H29FN2S. The molecule has 4 heteroatoms. The molecule has 2 nitrogen and oxygen atoms in total. The third-order valence-electron chi connectivity index (χ3n) is 5.70. The molecule has 0 saturated carbocycles. The molecule has 0 aliphatic rings. The second-order valence-electron chi connectivity index (χ2n) is 8.69. The molecule has 4 aromatic rings. The van der Waals surface area contributed by atoms with Crippen molar-refractivity contribution in [3.05, 3.63) is 106 Å². The molecule has 1 heterocycles. The first-order valence-electron chi connectivity index (χ1n) is 11.1. The van der Waals surface area contributed by atoms with Crippen LogP contribution in [0.4, 0.5) is 10.1 Å². The summed E-state index contributed by atoms with van der Waals surface area (Å²) < 4.78 is 13.4. The average molecular weight is 445 g/mol. The fraction of sp³-hybridized carbons (Fsp3) is 0.250. The van der Waals surface area contributed by atoms with Gasteiger partial charge < -0.3 is 5.32 Å². The van der Waals surface area contributed by atoms with Crippen molar-refractivity contribution in [1.29, 1.82) is 0 Å². The second-order valence-corrected chi connectivity index (χ2v) is 9.58. The lowest BCUT2D eigenvalue weighted by Crippen LogP contribution is -2.16. The highest BCUT2D eigenvalue weighted by atomic mass is 32.1. The second kappa shape index (κ2) is 9.66. The number of rotatable bonds is 7. The highest BCUT2D eigenvalue weighted by Gasteiger charge is 2.22. The van der Waals surface area contributed by atoms with Gasteiger partial charge in [-0.05, 0) is 52.8 Å². The molecule has 164 valence electrons. The van der Waals surface area contributed by atoms with Crippen LogP contribution in [-0.2, 0) is 0 Å². The zero-order chi connectivity index (χ0) is 22.7. The highest BCUT2D eigenvalue weighted by Crippen LogP contribution is 2.38. The summed E-state index contributed by atoms with van der Waals surface area (Å²) in [4.78, 5) is 4.97. The predicted octanol–water partition coefficient (Wildman–Crippen LogP) is 8.40. The van der Waals surface area contributed by atoms with E-state index in [1.54, 1.807) is 23.5 Å². The van der Waals surface area contributed by atoms with Gasteiger partial charge in [0, 0.05) is 16.6 Å². The minimum Gasteiger partial charge on any atom is -0.372 e. The van der Waals surface area contributed by atoms with E-state index in [-0.39, 0.29) is 11.9 Å². The van der Waals surface area contributed by atoms with E-state index in [0.717, 1.165) is 16.3 Å². The Kier molecular flexibility index (Phi) is 6.71. The van der Waals surface area contributed by atoms with E-state index in [1.165, 1.54) is 34.5 Å². The minimum absolute atomic E-state index is 0.0761. The van der Waals surface area contributed by atoms with Crippen LogP contribution in [0.1, 0.15) is 67.3 Å². The molecule has 4 rings (SSSR count). The van der Waals surface area contributed by atoms with Gasteiger partial charge >= 0.3 is 0 Å². The number of hydrogen-bond acceptors (Lipinski definition) is 3. The number of benzene rings is 3. The van der Waals surface area contributed by atoms with Crippen LogP contribution in [-0.4, -0.2) is 4.98 Å². The summed E-state index contributed by atoms with van der Waals surface area (Å²) in [6, 6.07) is 23.5. The largest absolute Gasteiger partial charge is 0.372 e. The van der Waals surface area contributed by atoms with Crippen molar-refractivity contribution >= 4 is 17.0 Å². The lowest BCUT2D eigenvalue weighted by atomic mass is 9.92. The zero-order valence-electron chi connectivity index (χ0n) is 19.0. The van der Waals surface area contributed by atoms with Crippen LogP contribution in [0.5, 0.6) is 0 Å². The van der Waals surface area contributed by atoms with Crippen LogP contribution >= 0.6 is 11.3 Å². The number of anilines is 1. The third-order valence-corrected chi connectivity index (χ3v) is 6.61. The fourth-order valence-electron chi connectivity index (χ4n) is 3.97. The Morgan fingerprint density at radius 3 is 2.00 bits per heavy atom. The Labute approximate surface area is 194 Å². The molecule has 3 aromatic carbocycles. The molecule has 1 unspecified atom stereocenters. The first kappa shape index (κ1) is 22.2. The van der Waals surface area contributed by atoms with Crippen molar-refractivity contribution in [3.8, 4) is 11.3 Å². The molecule has 0 bridgehead atoms. The molecule has 0 aliphatic carbocycles. The summed E-state index contributed by atoms with van der Waals surface area (Å²) in [5, 5.41) is 6.92. The summed E-state index contributed by atoms with van der Waals surface area (Å²) in [6.07, 6.45) is 0. The Morgan fingerprint density at radius 2 is 1.41 bits per heavy atom. The van der Waals surface area contributed by atoms with Gasteiger partial charge in [0.15, 0.2) is 0 Å². The Hall–Kier alpha value is -2.98. The smallest absolute Gasteiger partial charge is 0.123 e. The van der Waals surface area contributed by atoms with Crippen LogP contribution < -0.4 is 5.32 Å². The van der Waals surface area contributed by atoms with E-state index in [0.29, 0.717) is 11.8 Å². The van der Waals surface area contributed by atoms with Gasteiger partial charge in [-0.1, -0.05) is 76.2 Å². The van der Waals surface area contributed by atoms with Crippen LogP contribution in [0, 0.1) is 5.82 Å². The van der Waals surface area contributed by atoms with E-state index in [1.807, 2.05) is 6.07 Å². The van der Waals surface area contributed by atoms with Crippen LogP contribution in [0.2, 0.25) is 0 Å². The molecule has 1 atom stereocenters. The summed E-state index contributed by atoms with van der Waals surface area (Å²) >= 11 is 1.63. The van der Waals surface area contributed by atoms with Gasteiger partial charge in [0.05, 0.1) is 5.69 Å². The van der Waals surface area contributed by atoms with Gasteiger partial charge in [-0.2, -0.15) is 0 Å². The van der Waals surface area contributed by atoms with Crippen molar-refractivity contribution in [2.75, 3.05) is 5.32 Å². The quantitative estimate of drug-likeness (QED) is 0.309. The van der Waals surface area contributed by atoms with Gasteiger partial charge in [0.2, 0.25) is 0 Å². The summed E-state index contributed by atoms with van der Waals surface area (Å²) in [5.74, 6) is 0.567. The molecule has 0 aliphatic heterocycles. The van der Waals surface area contributed by atoms with Crippen LogP contribution in [0.15, 0.2) is 78.2 Å². The monoisotopic (exact) mass is 444 g/mol. The molecule has 0 radical (unpaired) electrons. The number of para-hydroxylation sites is 1. The van der Waals surface area contributed by atoms with Crippen molar-refractivity contribution in [2.45, 2.75) is 45.6 Å². The number of nitrogens with zero attached hydrogens (tertiary/aromatic N) is 1. The summed E-state index contributed by atoms with van der Waals surface area (Å²) in [6.45, 7) is 8.94. The van der Waals surface area contributed by atoms with E-state index < -0.39 is 0 Å². The molecule has 0 amide bonds. The standard InChI is InChI=1S/C28H29FN2S/c1-18(2)23-11-8-12-24(19(3)4)27(23)31-26(21-9-6-5-7-10-21)28-30-25(17-32-28)20-13-15-22(29)16-14-20/h5-19,26,31H,1-4H3. The molecule has 0 spiro atoms. The number of halogens is 1. The topological polar surface area (TPSA) is 24.9 Å². The number of nitrogens with one attached hydrogen (secondary N) is 1. The Morgan fingerprint density at radius 1 is 0.781 bits per heavy atom. The average Bonchev–Trinajstić information content (AvgIpc) is 3.28. The fourth-order valence-corrected chi connectivity index (χ4v) is 4.87. The number of aromatic nitrogens is 1. The van der Waals surface area contributed by atoms with Crippen molar-refractivity contribution < 1.29 is 4.39 Å². The first-order valence-corrected chi connectivity index (χ1v) is 12.0. The minimum atomic E-state index is -0.237. The van der Waals surface area contributed by atoms with Gasteiger partial charge in [0.25, 0.3) is 0 Å². The molecule has 1 aromatic heterocycles. The van der Waals surface area contributed by atoms with Crippen molar-refractivity contribution in [1.82, 2.24) is 4.98 Å². The maximum atomic E-state index is 13.4. The Bertz CT molecular complexity index is 1140. The lowest BCUT2D eigenvalue weighted by Gasteiger charge is -2.26. The number of hydrogen-bond donors (Lipinski definition) is 1. The van der Waals surface area contributed by atoms with Gasteiger partial charge in [-0.25, -0.2) is 9.37 Å². The molecular weight excluding hydrogens is 415 g/mol. The maximum absolute atomic E-state index is 13.4. The highest BCUT2D eigenvalue weighted by molar-refractivity contribution is 7.10. The van der Waals surface area contributed by atoms with Gasteiger partial charge in [-0.3, -0.25) is 0 Å². The van der Waals surface area contributed by atoms with E-state index in [2.05, 4.69) is 80.9 Å². The van der Waals surface area contributed by atoms with E-state index in [4.69, 9.17) is 4.98 Å². The Balaban J connectivity index is 1.79.